The number of esters is 1. The third-order valence-corrected chi connectivity index (χ3v) is 5.02. The number of anilines is 1. The van der Waals surface area contributed by atoms with Gasteiger partial charge in [-0.1, -0.05) is 44.2 Å². The van der Waals surface area contributed by atoms with Crippen LogP contribution >= 0.6 is 0 Å². The molecule has 0 bridgehead atoms. The fourth-order valence-electron chi connectivity index (χ4n) is 3.08. The molecule has 0 aliphatic rings. The maximum absolute atomic E-state index is 12.3. The molecule has 1 aromatic heterocycles. The normalized spacial score (nSPS) is 11.7. The van der Waals surface area contributed by atoms with Crippen molar-refractivity contribution in [1.29, 1.82) is 0 Å². The molecule has 6 nitrogen and oxygen atoms in total. The summed E-state index contributed by atoms with van der Waals surface area (Å²) in [6.07, 6.45) is 0.772. The van der Waals surface area contributed by atoms with Crippen LogP contribution in [0.2, 0.25) is 0 Å². The van der Waals surface area contributed by atoms with E-state index in [1.165, 1.54) is 0 Å². The number of rotatable bonds is 7. The number of amides is 1. The zero-order chi connectivity index (χ0) is 21.7. The molecule has 1 N–H and O–H groups in total. The van der Waals surface area contributed by atoms with Crippen LogP contribution in [-0.2, 0) is 9.53 Å². The van der Waals surface area contributed by atoms with Crippen molar-refractivity contribution >= 4 is 17.6 Å². The van der Waals surface area contributed by atoms with Gasteiger partial charge >= 0.3 is 5.97 Å². The minimum atomic E-state index is -0.465. The second-order valence-corrected chi connectivity index (χ2v) is 7.21. The molecule has 0 saturated carbocycles. The maximum Gasteiger partial charge on any atom is 0.358 e. The second kappa shape index (κ2) is 9.39. The Morgan fingerprint density at radius 3 is 2.57 bits per heavy atom. The Kier molecular flexibility index (Phi) is 6.67. The standard InChI is InChI=1S/C24H27N3O3/c1-5-16(3)23(28)25-19-12-9-11-18(14-19)22-15-20(24(29)30-6-2)26-27(22)21-13-8-7-10-17(21)4/h7-16H,5-6H2,1-4H3,(H,25,28). The van der Waals surface area contributed by atoms with Gasteiger partial charge in [-0.2, -0.15) is 5.10 Å². The smallest absolute Gasteiger partial charge is 0.358 e. The highest BCUT2D eigenvalue weighted by molar-refractivity contribution is 5.93. The number of aromatic nitrogens is 2. The summed E-state index contributed by atoms with van der Waals surface area (Å²) in [5, 5.41) is 7.49. The van der Waals surface area contributed by atoms with Gasteiger partial charge in [0.25, 0.3) is 0 Å². The van der Waals surface area contributed by atoms with E-state index in [0.29, 0.717) is 5.69 Å². The Morgan fingerprint density at radius 1 is 1.10 bits per heavy atom. The number of carbonyl (C=O) groups excluding carboxylic acids is 2. The molecule has 0 aliphatic heterocycles. The first-order valence-electron chi connectivity index (χ1n) is 10.2. The van der Waals surface area contributed by atoms with E-state index in [-0.39, 0.29) is 24.1 Å². The van der Waals surface area contributed by atoms with Crippen molar-refractivity contribution in [3.63, 3.8) is 0 Å². The Bertz CT molecular complexity index is 1060. The zero-order valence-electron chi connectivity index (χ0n) is 17.8. The Balaban J connectivity index is 2.06. The minimum absolute atomic E-state index is 0.0192. The van der Waals surface area contributed by atoms with Gasteiger partial charge in [0, 0.05) is 17.2 Å². The van der Waals surface area contributed by atoms with Crippen LogP contribution in [0.4, 0.5) is 5.69 Å². The lowest BCUT2D eigenvalue weighted by molar-refractivity contribution is -0.119. The number of hydrogen-bond acceptors (Lipinski definition) is 4. The van der Waals surface area contributed by atoms with E-state index in [9.17, 15) is 9.59 Å². The first kappa shape index (κ1) is 21.3. The molecule has 6 heteroatoms. The fourth-order valence-corrected chi connectivity index (χ4v) is 3.08. The summed E-state index contributed by atoms with van der Waals surface area (Å²) in [6.45, 7) is 7.92. The number of nitrogens with zero attached hydrogens (tertiary/aromatic N) is 2. The van der Waals surface area contributed by atoms with E-state index in [4.69, 9.17) is 4.74 Å². The molecule has 1 heterocycles. The van der Waals surface area contributed by atoms with Gasteiger partial charge in [0.15, 0.2) is 5.69 Å². The van der Waals surface area contributed by atoms with Crippen molar-refractivity contribution in [2.45, 2.75) is 34.1 Å². The lowest BCUT2D eigenvalue weighted by Crippen LogP contribution is -2.19. The zero-order valence-corrected chi connectivity index (χ0v) is 17.8. The molecular formula is C24H27N3O3. The third kappa shape index (κ3) is 4.59. The summed E-state index contributed by atoms with van der Waals surface area (Å²) in [5.41, 5.74) is 4.42. The van der Waals surface area contributed by atoms with E-state index < -0.39 is 5.97 Å². The van der Waals surface area contributed by atoms with Gasteiger partial charge < -0.3 is 10.1 Å². The van der Waals surface area contributed by atoms with E-state index in [1.54, 1.807) is 17.7 Å². The van der Waals surface area contributed by atoms with Crippen molar-refractivity contribution in [1.82, 2.24) is 9.78 Å². The third-order valence-electron chi connectivity index (χ3n) is 5.02. The summed E-state index contributed by atoms with van der Waals surface area (Å²) in [7, 11) is 0. The van der Waals surface area contributed by atoms with Crippen LogP contribution in [0.5, 0.6) is 0 Å². The maximum atomic E-state index is 12.3. The van der Waals surface area contributed by atoms with Crippen molar-refractivity contribution in [3.8, 4) is 16.9 Å². The van der Waals surface area contributed by atoms with Crippen LogP contribution in [0.25, 0.3) is 16.9 Å². The number of benzene rings is 2. The molecule has 0 spiro atoms. The van der Waals surface area contributed by atoms with Crippen molar-refractivity contribution < 1.29 is 14.3 Å². The molecule has 1 atom stereocenters. The van der Waals surface area contributed by atoms with Crippen molar-refractivity contribution in [3.05, 3.63) is 65.9 Å². The van der Waals surface area contributed by atoms with E-state index in [0.717, 1.165) is 28.9 Å². The van der Waals surface area contributed by atoms with Gasteiger partial charge in [-0.3, -0.25) is 4.79 Å². The van der Waals surface area contributed by atoms with Crippen LogP contribution in [0, 0.1) is 12.8 Å². The van der Waals surface area contributed by atoms with Gasteiger partial charge in [0.2, 0.25) is 5.91 Å². The molecular weight excluding hydrogens is 378 g/mol. The summed E-state index contributed by atoms with van der Waals surface area (Å²) in [4.78, 5) is 24.6. The first-order chi connectivity index (χ1) is 14.4. The summed E-state index contributed by atoms with van der Waals surface area (Å²) in [6, 6.07) is 17.1. The van der Waals surface area contributed by atoms with Crippen molar-refractivity contribution in [2.24, 2.45) is 5.92 Å². The second-order valence-electron chi connectivity index (χ2n) is 7.21. The summed E-state index contributed by atoms with van der Waals surface area (Å²) in [5.74, 6) is -0.553. The molecule has 0 fully saturated rings. The Hall–Kier alpha value is -3.41. The Labute approximate surface area is 176 Å². The Morgan fingerprint density at radius 2 is 1.87 bits per heavy atom. The average molecular weight is 405 g/mol. The van der Waals surface area contributed by atoms with Crippen LogP contribution < -0.4 is 5.32 Å². The predicted octanol–water partition coefficient (Wildman–Crippen LogP) is 5.01. The van der Waals surface area contributed by atoms with Gasteiger partial charge in [0.1, 0.15) is 0 Å². The molecule has 3 rings (SSSR count). The van der Waals surface area contributed by atoms with Crippen LogP contribution in [0.15, 0.2) is 54.6 Å². The first-order valence-corrected chi connectivity index (χ1v) is 10.2. The van der Waals surface area contributed by atoms with E-state index in [1.807, 2.05) is 69.3 Å². The molecule has 0 radical (unpaired) electrons. The summed E-state index contributed by atoms with van der Waals surface area (Å²) >= 11 is 0. The van der Waals surface area contributed by atoms with Crippen LogP contribution in [-0.4, -0.2) is 28.3 Å². The van der Waals surface area contributed by atoms with E-state index in [2.05, 4.69) is 10.4 Å². The molecule has 1 unspecified atom stereocenters. The van der Waals surface area contributed by atoms with Crippen molar-refractivity contribution in [2.75, 3.05) is 11.9 Å². The number of carbonyl (C=O) groups is 2. The molecule has 1 amide bonds. The average Bonchev–Trinajstić information content (AvgIpc) is 3.19. The highest BCUT2D eigenvalue weighted by Gasteiger charge is 2.19. The molecule has 0 saturated heterocycles. The largest absolute Gasteiger partial charge is 0.461 e. The SMILES string of the molecule is CCOC(=O)c1cc(-c2cccc(NC(=O)C(C)CC)c2)n(-c2ccccc2C)n1. The topological polar surface area (TPSA) is 73.2 Å². The van der Waals surface area contributed by atoms with Gasteiger partial charge in [-0.15, -0.1) is 0 Å². The molecule has 156 valence electrons. The minimum Gasteiger partial charge on any atom is -0.461 e. The lowest BCUT2D eigenvalue weighted by atomic mass is 10.1. The quantitative estimate of drug-likeness (QED) is 0.561. The number of hydrogen-bond donors (Lipinski definition) is 1. The highest BCUT2D eigenvalue weighted by atomic mass is 16.5. The number of ether oxygens (including phenoxy) is 1. The molecule has 2 aromatic carbocycles. The molecule has 3 aromatic rings. The number of nitrogens with one attached hydrogen (secondary N) is 1. The monoisotopic (exact) mass is 405 g/mol. The fraction of sp³-hybridized carbons (Fsp3) is 0.292. The van der Waals surface area contributed by atoms with Crippen LogP contribution in [0.3, 0.4) is 0 Å². The molecule has 30 heavy (non-hydrogen) atoms. The van der Waals surface area contributed by atoms with Crippen LogP contribution in [0.1, 0.15) is 43.2 Å². The van der Waals surface area contributed by atoms with E-state index >= 15 is 0 Å². The van der Waals surface area contributed by atoms with Gasteiger partial charge in [-0.05, 0) is 50.1 Å². The highest BCUT2D eigenvalue weighted by Crippen LogP contribution is 2.28. The van der Waals surface area contributed by atoms with Gasteiger partial charge in [-0.25, -0.2) is 9.48 Å². The molecule has 0 aliphatic carbocycles. The summed E-state index contributed by atoms with van der Waals surface area (Å²) < 4.78 is 6.89. The number of aryl methyl sites for hydroxylation is 1. The van der Waals surface area contributed by atoms with Gasteiger partial charge in [0.05, 0.1) is 18.0 Å². The predicted molar refractivity (Wildman–Crippen MR) is 118 cm³/mol. The number of para-hydroxylation sites is 1. The lowest BCUT2D eigenvalue weighted by Gasteiger charge is -2.13.